The van der Waals surface area contributed by atoms with Crippen molar-refractivity contribution in [2.24, 2.45) is 0 Å². The van der Waals surface area contributed by atoms with Crippen molar-refractivity contribution < 1.29 is 81.8 Å². The van der Waals surface area contributed by atoms with Gasteiger partial charge in [0.05, 0.1) is 5.97 Å². The number of carbonyl (C=O) groups is 1. The van der Waals surface area contributed by atoms with Crippen molar-refractivity contribution in [1.29, 1.82) is 0 Å². The molecule has 3 nitrogen and oxygen atoms in total. The maximum Gasteiger partial charge on any atom is 3.00 e. The third-order valence-corrected chi connectivity index (χ3v) is 0.897. The summed E-state index contributed by atoms with van der Waals surface area (Å²) in [4.78, 5) is 13.6. The number of carbonyl (C=O) groups excluding carboxylic acids is 1. The first-order valence-electron chi connectivity index (χ1n) is 2.42. The van der Waals surface area contributed by atoms with Crippen LogP contribution in [0.4, 0.5) is 0 Å². The average Bonchev–Trinajstić information content (AvgIpc) is 1.90. The number of hydrogen-bond donors (Lipinski definition) is 0. The topological polar surface area (TPSA) is 53.0 Å². The van der Waals surface area contributed by atoms with Gasteiger partial charge in [-0.05, 0) is 6.07 Å². The molecule has 0 N–H and O–H groups in total. The third kappa shape index (κ3) is 10.6. The number of aromatic nitrogens is 1. The predicted molar refractivity (Wildman–Crippen MR) is 28.6 cm³/mol. The Balaban J connectivity index is -0.0000000540. The van der Waals surface area contributed by atoms with Crippen molar-refractivity contribution in [2.45, 2.75) is 0 Å². The van der Waals surface area contributed by atoms with Crippen LogP contribution in [0.25, 0.3) is 0 Å². The van der Waals surface area contributed by atoms with Gasteiger partial charge in [0, 0.05) is 18.0 Å². The number of halogens is 3. The van der Waals surface area contributed by atoms with Crippen LogP contribution in [-0.4, -0.2) is 11.0 Å². The zero-order valence-electron chi connectivity index (χ0n) is 6.52. The van der Waals surface area contributed by atoms with E-state index < -0.39 is 5.97 Å². The molecular weight excluding hydrogens is 328 g/mol. The van der Waals surface area contributed by atoms with Crippen molar-refractivity contribution >= 4 is 5.97 Å². The van der Waals surface area contributed by atoms with Crippen molar-refractivity contribution in [3.63, 3.8) is 0 Å². The molecule has 0 aliphatic heterocycles. The van der Waals surface area contributed by atoms with Crippen LogP contribution in [0.15, 0.2) is 24.5 Å². The van der Waals surface area contributed by atoms with Crippen LogP contribution >= 0.6 is 0 Å². The number of rotatable bonds is 1. The summed E-state index contributed by atoms with van der Waals surface area (Å²) in [5, 5.41) is 10.0. The Bertz CT molecular complexity index is 226. The van der Waals surface area contributed by atoms with E-state index in [-0.39, 0.29) is 77.5 Å². The molecule has 1 rings (SSSR count). The maximum atomic E-state index is 10.0. The molecule has 1 aromatic rings. The second kappa shape index (κ2) is 16.0. The summed E-state index contributed by atoms with van der Waals surface area (Å²) in [6.45, 7) is 0. The van der Waals surface area contributed by atoms with Crippen molar-refractivity contribution in [3.8, 4) is 0 Å². The van der Waals surface area contributed by atoms with Crippen molar-refractivity contribution in [3.05, 3.63) is 30.1 Å². The minimum atomic E-state index is -1.19. The fraction of sp³-hybridized carbons (Fsp3) is 0. The molecule has 0 saturated heterocycles. The molecule has 1 aromatic heterocycles. The number of carboxylic acids is 1. The van der Waals surface area contributed by atoms with E-state index >= 15 is 0 Å². The first kappa shape index (κ1) is 29.3. The first-order chi connectivity index (χ1) is 4.30. The standard InChI is InChI=1S/C6H5NO2.3ClH.2Cr/c8-6(9)5-2-1-3-7-4-5;;;;;/h1-4H,(H,8,9);3*1H;;/q;;;;2*+3/p-4. The quantitative estimate of drug-likeness (QED) is 0.513. The molecule has 0 spiro atoms. The fourth-order valence-electron chi connectivity index (χ4n) is 0.484. The van der Waals surface area contributed by atoms with Gasteiger partial charge in [0.2, 0.25) is 0 Å². The minimum Gasteiger partial charge on any atom is -1.00 e. The summed E-state index contributed by atoms with van der Waals surface area (Å²) in [5.41, 5.74) is 0.109. The molecule has 0 fully saturated rings. The summed E-state index contributed by atoms with van der Waals surface area (Å²) in [6.07, 6.45) is 2.75. The smallest absolute Gasteiger partial charge is 1.00 e. The number of pyridine rings is 1. The number of aromatic carboxylic acids is 1. The molecule has 0 aliphatic carbocycles. The summed E-state index contributed by atoms with van der Waals surface area (Å²) in [7, 11) is 0. The van der Waals surface area contributed by atoms with E-state index in [9.17, 15) is 9.90 Å². The molecule has 8 heteroatoms. The summed E-state index contributed by atoms with van der Waals surface area (Å²) in [6, 6.07) is 2.98. The molecule has 76 valence electrons. The summed E-state index contributed by atoms with van der Waals surface area (Å²) in [5.74, 6) is -1.19. The predicted octanol–water partition coefficient (Wildman–Crippen LogP) is -9.55. The SMILES string of the molecule is O=C([O-])c1cccnc1.[Cl-].[Cl-].[Cl-].[Cr+3].[Cr+3]. The van der Waals surface area contributed by atoms with E-state index in [4.69, 9.17) is 0 Å². The Morgan fingerprint density at radius 3 is 1.93 bits per heavy atom. The van der Waals surface area contributed by atoms with Crippen molar-refractivity contribution in [1.82, 2.24) is 4.98 Å². The van der Waals surface area contributed by atoms with E-state index in [0.717, 1.165) is 0 Å². The molecule has 2 radical (unpaired) electrons. The van der Waals surface area contributed by atoms with Crippen LogP contribution in [0.3, 0.4) is 0 Å². The number of carboxylic acid groups (broad SMARTS) is 1. The second-order valence-corrected chi connectivity index (χ2v) is 1.53. The Morgan fingerprint density at radius 2 is 1.71 bits per heavy atom. The maximum absolute atomic E-state index is 10.0. The minimum absolute atomic E-state index is 0. The van der Waals surface area contributed by atoms with Crippen LogP contribution in [0.5, 0.6) is 0 Å². The molecule has 0 saturated carbocycles. The third-order valence-electron chi connectivity index (χ3n) is 0.897. The Morgan fingerprint density at radius 1 is 1.21 bits per heavy atom. The van der Waals surface area contributed by atoms with Crippen LogP contribution in [0.2, 0.25) is 0 Å². The molecule has 0 bridgehead atoms. The van der Waals surface area contributed by atoms with Gasteiger partial charge in [-0.15, -0.1) is 0 Å². The van der Waals surface area contributed by atoms with E-state index in [0.29, 0.717) is 0 Å². The van der Waals surface area contributed by atoms with Gasteiger partial charge < -0.3 is 47.1 Å². The van der Waals surface area contributed by atoms with Gasteiger partial charge in [0.1, 0.15) is 0 Å². The normalized spacial score (nSPS) is 5.71. The molecule has 0 amide bonds. The van der Waals surface area contributed by atoms with Crippen LogP contribution in [0, 0.1) is 0 Å². The van der Waals surface area contributed by atoms with Gasteiger partial charge in [-0.1, -0.05) is 6.07 Å². The molecule has 1 heterocycles. The van der Waals surface area contributed by atoms with Crippen LogP contribution in [0.1, 0.15) is 10.4 Å². The molecule has 0 aliphatic rings. The van der Waals surface area contributed by atoms with E-state index in [1.165, 1.54) is 18.5 Å². The molecule has 0 unspecified atom stereocenters. The zero-order valence-corrected chi connectivity index (χ0v) is 11.3. The second-order valence-electron chi connectivity index (χ2n) is 1.53. The van der Waals surface area contributed by atoms with E-state index in [1.54, 1.807) is 6.07 Å². The van der Waals surface area contributed by atoms with Crippen molar-refractivity contribution in [2.75, 3.05) is 0 Å². The molecular formula is C6H4Cl3Cr2NO2+2. The molecule has 14 heavy (non-hydrogen) atoms. The van der Waals surface area contributed by atoms with Gasteiger partial charge in [0.25, 0.3) is 0 Å². The largest absolute Gasteiger partial charge is 3.00 e. The van der Waals surface area contributed by atoms with Gasteiger partial charge in [-0.2, -0.15) is 0 Å². The number of nitrogens with zero attached hydrogens (tertiary/aromatic N) is 1. The Hall–Kier alpha value is 0.555. The van der Waals surface area contributed by atoms with Gasteiger partial charge in [0.15, 0.2) is 0 Å². The summed E-state index contributed by atoms with van der Waals surface area (Å²) < 4.78 is 0. The number of hydrogen-bond acceptors (Lipinski definition) is 3. The van der Waals surface area contributed by atoms with E-state index in [2.05, 4.69) is 4.98 Å². The van der Waals surface area contributed by atoms with E-state index in [1.807, 2.05) is 0 Å². The van der Waals surface area contributed by atoms with Gasteiger partial charge in [-0.3, -0.25) is 4.98 Å². The van der Waals surface area contributed by atoms with Crippen LogP contribution in [-0.2, 0) is 34.7 Å². The average molecular weight is 332 g/mol. The molecule has 0 atom stereocenters. The van der Waals surface area contributed by atoms with Gasteiger partial charge in [-0.25, -0.2) is 0 Å². The van der Waals surface area contributed by atoms with Crippen LogP contribution < -0.4 is 42.3 Å². The Labute approximate surface area is 122 Å². The monoisotopic (exact) mass is 331 g/mol. The zero-order chi connectivity index (χ0) is 6.69. The van der Waals surface area contributed by atoms with Gasteiger partial charge >= 0.3 is 34.7 Å². The first-order valence-corrected chi connectivity index (χ1v) is 2.42. The summed E-state index contributed by atoms with van der Waals surface area (Å²) >= 11 is 0. The molecule has 0 aromatic carbocycles. The fourth-order valence-corrected chi connectivity index (χ4v) is 0.484. The Kier molecular flexibility index (Phi) is 33.5.